The molecule has 0 aliphatic rings. The molecule has 0 aliphatic heterocycles. The second-order valence-corrected chi connectivity index (χ2v) is 6.15. The molecule has 0 aliphatic carbocycles. The van der Waals surface area contributed by atoms with Gasteiger partial charge in [0.1, 0.15) is 12.1 Å². The van der Waals surface area contributed by atoms with Crippen LogP contribution in [0.3, 0.4) is 0 Å². The number of anilines is 2. The maximum absolute atomic E-state index is 12.9. The summed E-state index contributed by atoms with van der Waals surface area (Å²) in [6, 6.07) is 5.39. The molecule has 11 heteroatoms. The van der Waals surface area contributed by atoms with Crippen molar-refractivity contribution in [2.45, 2.75) is 25.6 Å². The van der Waals surface area contributed by atoms with Gasteiger partial charge in [0.05, 0.1) is 18.8 Å². The van der Waals surface area contributed by atoms with Gasteiger partial charge < -0.3 is 20.5 Å². The molecule has 0 amide bonds. The van der Waals surface area contributed by atoms with Gasteiger partial charge in [0, 0.05) is 13.5 Å². The Morgan fingerprint density at radius 3 is 2.70 bits per heavy atom. The molecule has 0 fully saturated rings. The molecule has 1 heterocycles. The lowest BCUT2D eigenvalue weighted by Crippen LogP contribution is -2.36. The van der Waals surface area contributed by atoms with Gasteiger partial charge in [0.25, 0.3) is 0 Å². The van der Waals surface area contributed by atoms with E-state index in [-0.39, 0.29) is 48.4 Å². The van der Waals surface area contributed by atoms with E-state index in [9.17, 15) is 23.2 Å². The number of ketones is 1. The minimum atomic E-state index is -4.51. The number of Topliss-reactive ketones (excluding diaryl/α,β-unsaturated/α-hetero) is 1. The third-order valence-corrected chi connectivity index (χ3v) is 3.95. The Kier molecular flexibility index (Phi) is 7.54. The van der Waals surface area contributed by atoms with Crippen molar-refractivity contribution in [3.63, 3.8) is 0 Å². The highest BCUT2D eigenvalue weighted by Crippen LogP contribution is 2.30. The molecule has 8 nitrogen and oxygen atoms in total. The smallest absolute Gasteiger partial charge is 0.416 e. The number of ether oxygens (including phenoxy) is 2. The van der Waals surface area contributed by atoms with Gasteiger partial charge in [-0.1, -0.05) is 18.2 Å². The van der Waals surface area contributed by atoms with Crippen LogP contribution in [0.1, 0.15) is 23.6 Å². The fourth-order valence-electron chi connectivity index (χ4n) is 2.63. The number of hydrogen-bond acceptors (Lipinski definition) is 8. The van der Waals surface area contributed by atoms with Crippen molar-refractivity contribution < 1.29 is 27.4 Å². The zero-order chi connectivity index (χ0) is 22.3. The molecule has 160 valence electrons. The fraction of sp³-hybridized carbons (Fsp3) is 0.368. The molecule has 0 saturated heterocycles. The maximum atomic E-state index is 12.9. The number of nitrogens with one attached hydrogen (secondary N) is 1. The summed E-state index contributed by atoms with van der Waals surface area (Å²) in [4.78, 5) is 20.5. The lowest BCUT2D eigenvalue weighted by atomic mass is 10.0. The van der Waals surface area contributed by atoms with E-state index in [1.165, 1.54) is 19.2 Å². The van der Waals surface area contributed by atoms with E-state index in [4.69, 9.17) is 15.2 Å². The number of rotatable bonds is 9. The number of nitriles is 1. The van der Waals surface area contributed by atoms with Gasteiger partial charge in [0.2, 0.25) is 11.8 Å². The van der Waals surface area contributed by atoms with Crippen molar-refractivity contribution in [2.24, 2.45) is 0 Å². The minimum Gasteiger partial charge on any atom is -0.477 e. The molecule has 30 heavy (non-hydrogen) atoms. The highest BCUT2D eigenvalue weighted by molar-refractivity contribution is 5.89. The van der Waals surface area contributed by atoms with Gasteiger partial charge in [0.15, 0.2) is 17.2 Å². The van der Waals surface area contributed by atoms with E-state index < -0.39 is 23.6 Å². The number of aromatic nitrogens is 2. The zero-order valence-corrected chi connectivity index (χ0v) is 16.3. The Hall–Kier alpha value is -3.39. The SMILES string of the molecule is CCOc1nc(N)nc(N[C@@H](COC)C(=O)Cc2cccc(C(F)(F)F)c2)c1C#N. The average molecular weight is 423 g/mol. The second-order valence-electron chi connectivity index (χ2n) is 6.15. The van der Waals surface area contributed by atoms with Crippen molar-refractivity contribution in [3.8, 4) is 11.9 Å². The first-order valence-electron chi connectivity index (χ1n) is 8.84. The van der Waals surface area contributed by atoms with E-state index in [0.717, 1.165) is 12.1 Å². The highest BCUT2D eigenvalue weighted by atomic mass is 19.4. The number of nitrogens with two attached hydrogens (primary N) is 1. The summed E-state index contributed by atoms with van der Waals surface area (Å²) in [6.07, 6.45) is -4.80. The number of carbonyl (C=O) groups excluding carboxylic acids is 1. The number of nitrogen functional groups attached to an aromatic ring is 1. The number of nitrogens with zero attached hydrogens (tertiary/aromatic N) is 3. The van der Waals surface area contributed by atoms with E-state index in [0.29, 0.717) is 0 Å². The van der Waals surface area contributed by atoms with Crippen molar-refractivity contribution >= 4 is 17.5 Å². The Morgan fingerprint density at radius 1 is 1.37 bits per heavy atom. The Bertz CT molecular complexity index is 944. The molecule has 3 N–H and O–H groups in total. The summed E-state index contributed by atoms with van der Waals surface area (Å²) >= 11 is 0. The number of carbonyl (C=O) groups is 1. The van der Waals surface area contributed by atoms with Crippen LogP contribution in [0, 0.1) is 11.3 Å². The number of alkyl halides is 3. The van der Waals surface area contributed by atoms with Crippen molar-refractivity contribution in [2.75, 3.05) is 31.4 Å². The van der Waals surface area contributed by atoms with Gasteiger partial charge in [-0.25, -0.2) is 0 Å². The van der Waals surface area contributed by atoms with Gasteiger partial charge in [-0.3, -0.25) is 4.79 Å². The van der Waals surface area contributed by atoms with Gasteiger partial charge in [-0.15, -0.1) is 0 Å². The van der Waals surface area contributed by atoms with E-state index in [2.05, 4.69) is 15.3 Å². The fourth-order valence-corrected chi connectivity index (χ4v) is 2.63. The van der Waals surface area contributed by atoms with Crippen molar-refractivity contribution in [1.29, 1.82) is 5.26 Å². The Labute approximate surface area is 170 Å². The third-order valence-electron chi connectivity index (χ3n) is 3.95. The van der Waals surface area contributed by atoms with Gasteiger partial charge in [-0.2, -0.15) is 28.4 Å². The van der Waals surface area contributed by atoms with Gasteiger partial charge >= 0.3 is 6.18 Å². The molecule has 0 spiro atoms. The molecule has 0 unspecified atom stereocenters. The normalized spacial score (nSPS) is 12.1. The number of hydrogen-bond donors (Lipinski definition) is 2. The predicted molar refractivity (Wildman–Crippen MR) is 102 cm³/mol. The minimum absolute atomic E-state index is 0.0344. The van der Waals surface area contributed by atoms with Crippen LogP contribution in [0.15, 0.2) is 24.3 Å². The first kappa shape index (κ1) is 22.9. The summed E-state index contributed by atoms with van der Waals surface area (Å²) < 4.78 is 49.0. The lowest BCUT2D eigenvalue weighted by Gasteiger charge is -2.19. The maximum Gasteiger partial charge on any atom is 0.416 e. The van der Waals surface area contributed by atoms with Crippen LogP contribution in [-0.4, -0.2) is 42.1 Å². The molecular formula is C19H20F3N5O3. The Balaban J connectivity index is 2.29. The lowest BCUT2D eigenvalue weighted by molar-refractivity contribution is -0.137. The van der Waals surface area contributed by atoms with Gasteiger partial charge in [-0.05, 0) is 18.6 Å². The molecule has 1 aromatic heterocycles. The Morgan fingerprint density at radius 2 is 2.10 bits per heavy atom. The molecule has 0 radical (unpaired) electrons. The first-order chi connectivity index (χ1) is 14.2. The number of halogens is 3. The molecule has 2 aromatic rings. The van der Waals surface area contributed by atoms with Crippen LogP contribution in [0.25, 0.3) is 0 Å². The standard InChI is InChI=1S/C19H20F3N5O3/c1-3-30-17-13(9-23)16(26-18(24)27-17)25-14(10-29-2)15(28)8-11-5-4-6-12(7-11)19(20,21)22/h4-7,14H,3,8,10H2,1-2H3,(H3,24,25,26,27)/t14-/m0/s1. The molecular weight excluding hydrogens is 403 g/mol. The summed E-state index contributed by atoms with van der Waals surface area (Å²) in [5.41, 5.74) is 4.93. The quantitative estimate of drug-likeness (QED) is 0.631. The summed E-state index contributed by atoms with van der Waals surface area (Å²) in [6.45, 7) is 1.80. The zero-order valence-electron chi connectivity index (χ0n) is 16.3. The predicted octanol–water partition coefficient (Wildman–Crippen LogP) is 2.59. The van der Waals surface area contributed by atoms with Crippen molar-refractivity contribution in [3.05, 3.63) is 41.0 Å². The van der Waals surface area contributed by atoms with Crippen LogP contribution >= 0.6 is 0 Å². The van der Waals surface area contributed by atoms with Crippen LogP contribution in [0.5, 0.6) is 5.88 Å². The topological polar surface area (TPSA) is 123 Å². The summed E-state index contributed by atoms with van der Waals surface area (Å²) in [7, 11) is 1.36. The molecule has 2 rings (SSSR count). The molecule has 0 bridgehead atoms. The van der Waals surface area contributed by atoms with Crippen molar-refractivity contribution in [1.82, 2.24) is 9.97 Å². The van der Waals surface area contributed by atoms with E-state index in [1.807, 2.05) is 6.07 Å². The highest BCUT2D eigenvalue weighted by Gasteiger charge is 2.31. The van der Waals surface area contributed by atoms with Crippen LogP contribution in [-0.2, 0) is 22.1 Å². The summed E-state index contributed by atoms with van der Waals surface area (Å²) in [5.74, 6) is -0.721. The van der Waals surface area contributed by atoms with Crippen LogP contribution in [0.2, 0.25) is 0 Å². The monoisotopic (exact) mass is 423 g/mol. The summed E-state index contributed by atoms with van der Waals surface area (Å²) in [5, 5.41) is 12.2. The van der Waals surface area contributed by atoms with Crippen LogP contribution < -0.4 is 15.8 Å². The van der Waals surface area contributed by atoms with Crippen LogP contribution in [0.4, 0.5) is 24.9 Å². The molecule has 1 atom stereocenters. The second kappa shape index (κ2) is 9.89. The molecule has 0 saturated carbocycles. The largest absolute Gasteiger partial charge is 0.477 e. The van der Waals surface area contributed by atoms with E-state index in [1.54, 1.807) is 6.92 Å². The van der Waals surface area contributed by atoms with E-state index >= 15 is 0 Å². The molecule has 1 aromatic carbocycles. The first-order valence-corrected chi connectivity index (χ1v) is 8.84. The third kappa shape index (κ3) is 5.81. The number of methoxy groups -OCH3 is 1. The number of benzene rings is 1. The average Bonchev–Trinajstić information content (AvgIpc) is 2.67.